The monoisotopic (exact) mass is 392 g/mol. The highest BCUT2D eigenvalue weighted by atomic mass is 16.5. The molecule has 0 aliphatic carbocycles. The average molecular weight is 392 g/mol. The van der Waals surface area contributed by atoms with Crippen molar-refractivity contribution in [2.24, 2.45) is 0 Å². The molecule has 9 nitrogen and oxygen atoms in total. The van der Waals surface area contributed by atoms with E-state index in [4.69, 9.17) is 10.3 Å². The van der Waals surface area contributed by atoms with Gasteiger partial charge in [0, 0.05) is 36.4 Å². The molecule has 29 heavy (non-hydrogen) atoms. The molecule has 0 fully saturated rings. The number of hydrogen-bond acceptors (Lipinski definition) is 6. The lowest BCUT2D eigenvalue weighted by Gasteiger charge is -2.18. The lowest BCUT2D eigenvalue weighted by molar-refractivity contribution is 0.0989. The quantitative estimate of drug-likeness (QED) is 0.611. The molecule has 4 rings (SSSR count). The SMILES string of the molecule is Nc1noc(CCNC(=O)Nc2cccc(C(=O)N3CCc4ccccc43)c2)n1. The number of rotatable bonds is 5. The minimum absolute atomic E-state index is 0.0616. The van der Waals surface area contributed by atoms with Gasteiger partial charge in [0.15, 0.2) is 0 Å². The molecular weight excluding hydrogens is 372 g/mol. The molecule has 3 amide bonds. The summed E-state index contributed by atoms with van der Waals surface area (Å²) in [6.45, 7) is 0.952. The van der Waals surface area contributed by atoms with Crippen molar-refractivity contribution in [3.8, 4) is 0 Å². The van der Waals surface area contributed by atoms with Crippen LogP contribution in [0.2, 0.25) is 0 Å². The van der Waals surface area contributed by atoms with Crippen LogP contribution in [-0.4, -0.2) is 35.2 Å². The Hall–Kier alpha value is -3.88. The molecule has 2 heterocycles. The van der Waals surface area contributed by atoms with Gasteiger partial charge in [-0.2, -0.15) is 4.98 Å². The maximum absolute atomic E-state index is 12.9. The van der Waals surface area contributed by atoms with Crippen molar-refractivity contribution in [2.75, 3.05) is 29.0 Å². The molecule has 0 saturated heterocycles. The van der Waals surface area contributed by atoms with Gasteiger partial charge in [-0.15, -0.1) is 0 Å². The van der Waals surface area contributed by atoms with Gasteiger partial charge in [0.2, 0.25) is 5.89 Å². The van der Waals surface area contributed by atoms with Crippen LogP contribution in [-0.2, 0) is 12.8 Å². The molecule has 2 aromatic carbocycles. The number of amides is 3. The largest absolute Gasteiger partial charge is 0.365 e. The summed E-state index contributed by atoms with van der Waals surface area (Å²) < 4.78 is 4.88. The Bertz CT molecular complexity index is 1050. The van der Waals surface area contributed by atoms with Crippen LogP contribution < -0.4 is 21.3 Å². The van der Waals surface area contributed by atoms with Crippen LogP contribution in [0.5, 0.6) is 0 Å². The Morgan fingerprint density at radius 3 is 2.86 bits per heavy atom. The summed E-state index contributed by atoms with van der Waals surface area (Å²) in [5.74, 6) is 0.320. The topological polar surface area (TPSA) is 126 Å². The van der Waals surface area contributed by atoms with Gasteiger partial charge in [-0.3, -0.25) is 4.79 Å². The lowest BCUT2D eigenvalue weighted by Crippen LogP contribution is -2.31. The van der Waals surface area contributed by atoms with Crippen LogP contribution in [0.4, 0.5) is 22.1 Å². The molecule has 0 unspecified atom stereocenters. The number of urea groups is 1. The number of aromatic nitrogens is 2. The van der Waals surface area contributed by atoms with Crippen molar-refractivity contribution in [1.82, 2.24) is 15.5 Å². The zero-order chi connectivity index (χ0) is 20.2. The number of carbonyl (C=O) groups excluding carboxylic acids is 2. The predicted octanol–water partition coefficient (Wildman–Crippen LogP) is 2.22. The van der Waals surface area contributed by atoms with Crippen LogP contribution in [0.15, 0.2) is 53.1 Å². The Kier molecular flexibility index (Phi) is 5.10. The third kappa shape index (κ3) is 4.18. The van der Waals surface area contributed by atoms with E-state index in [1.54, 1.807) is 29.2 Å². The number of benzene rings is 2. The third-order valence-corrected chi connectivity index (χ3v) is 4.61. The number of nitrogens with two attached hydrogens (primary N) is 1. The Morgan fingerprint density at radius 2 is 2.03 bits per heavy atom. The number of carbonyl (C=O) groups is 2. The zero-order valence-electron chi connectivity index (χ0n) is 15.6. The first-order valence-electron chi connectivity index (χ1n) is 9.23. The molecule has 3 aromatic rings. The van der Waals surface area contributed by atoms with E-state index in [2.05, 4.69) is 20.8 Å². The summed E-state index contributed by atoms with van der Waals surface area (Å²) in [4.78, 5) is 30.7. The molecular formula is C20H20N6O3. The maximum atomic E-state index is 12.9. The van der Waals surface area contributed by atoms with E-state index in [0.29, 0.717) is 36.7 Å². The van der Waals surface area contributed by atoms with E-state index in [-0.39, 0.29) is 11.9 Å². The number of nitrogens with zero attached hydrogens (tertiary/aromatic N) is 3. The molecule has 0 radical (unpaired) electrons. The van der Waals surface area contributed by atoms with Crippen molar-refractivity contribution in [3.05, 3.63) is 65.5 Å². The second kappa shape index (κ2) is 8.01. The lowest BCUT2D eigenvalue weighted by atomic mass is 10.1. The fourth-order valence-electron chi connectivity index (χ4n) is 3.26. The highest BCUT2D eigenvalue weighted by Gasteiger charge is 2.25. The van der Waals surface area contributed by atoms with Gasteiger partial charge in [0.05, 0.1) is 0 Å². The van der Waals surface area contributed by atoms with Gasteiger partial charge in [0.25, 0.3) is 11.9 Å². The first-order chi connectivity index (χ1) is 14.1. The average Bonchev–Trinajstić information content (AvgIpc) is 3.34. The predicted molar refractivity (Wildman–Crippen MR) is 108 cm³/mol. The van der Waals surface area contributed by atoms with Gasteiger partial charge >= 0.3 is 6.03 Å². The minimum atomic E-state index is -0.395. The summed E-state index contributed by atoms with van der Waals surface area (Å²) in [7, 11) is 0. The zero-order valence-corrected chi connectivity index (χ0v) is 15.6. The van der Waals surface area contributed by atoms with Crippen LogP contribution in [0, 0.1) is 0 Å². The number of para-hydroxylation sites is 1. The second-order valence-corrected chi connectivity index (χ2v) is 6.59. The molecule has 0 bridgehead atoms. The molecule has 0 saturated carbocycles. The second-order valence-electron chi connectivity index (χ2n) is 6.59. The number of fused-ring (bicyclic) bond motifs is 1. The van der Waals surface area contributed by atoms with Crippen molar-refractivity contribution >= 4 is 29.3 Å². The number of hydrogen-bond donors (Lipinski definition) is 3. The molecule has 1 aromatic heterocycles. The number of nitrogen functional groups attached to an aromatic ring is 1. The highest BCUT2D eigenvalue weighted by molar-refractivity contribution is 6.08. The van der Waals surface area contributed by atoms with Crippen molar-refractivity contribution in [2.45, 2.75) is 12.8 Å². The van der Waals surface area contributed by atoms with Crippen molar-refractivity contribution in [3.63, 3.8) is 0 Å². The first kappa shape index (κ1) is 18.5. The van der Waals surface area contributed by atoms with E-state index in [1.165, 1.54) is 0 Å². The molecule has 1 aliphatic heterocycles. The third-order valence-electron chi connectivity index (χ3n) is 4.61. The summed E-state index contributed by atoms with van der Waals surface area (Å²) >= 11 is 0. The molecule has 148 valence electrons. The van der Waals surface area contributed by atoms with E-state index in [0.717, 1.165) is 17.7 Å². The van der Waals surface area contributed by atoms with Crippen molar-refractivity contribution in [1.29, 1.82) is 0 Å². The summed E-state index contributed by atoms with van der Waals surface area (Å²) in [6, 6.07) is 14.4. The summed E-state index contributed by atoms with van der Waals surface area (Å²) in [5.41, 5.74) is 8.53. The van der Waals surface area contributed by atoms with Gasteiger partial charge in [0.1, 0.15) is 0 Å². The minimum Gasteiger partial charge on any atom is -0.365 e. The maximum Gasteiger partial charge on any atom is 0.319 e. The van der Waals surface area contributed by atoms with Crippen LogP contribution in [0.1, 0.15) is 21.8 Å². The molecule has 1 aliphatic rings. The van der Waals surface area contributed by atoms with Gasteiger partial charge in [-0.25, -0.2) is 4.79 Å². The van der Waals surface area contributed by atoms with E-state index in [1.807, 2.05) is 24.3 Å². The van der Waals surface area contributed by atoms with Crippen molar-refractivity contribution < 1.29 is 14.1 Å². The van der Waals surface area contributed by atoms with Crippen LogP contribution in [0.3, 0.4) is 0 Å². The van der Waals surface area contributed by atoms with Crippen LogP contribution in [0.25, 0.3) is 0 Å². The van der Waals surface area contributed by atoms with Gasteiger partial charge in [-0.05, 0) is 41.4 Å². The molecule has 0 spiro atoms. The van der Waals surface area contributed by atoms with E-state index in [9.17, 15) is 9.59 Å². The molecule has 4 N–H and O–H groups in total. The standard InChI is InChI=1S/C20H20N6O3/c21-19-24-17(29-25-19)8-10-22-20(28)23-15-6-3-5-14(12-15)18(27)26-11-9-13-4-1-2-7-16(13)26/h1-7,12H,8-11H2,(H2,21,25)(H2,22,23,28). The Labute approximate surface area is 166 Å². The van der Waals surface area contributed by atoms with Crippen LogP contribution >= 0.6 is 0 Å². The van der Waals surface area contributed by atoms with Gasteiger partial charge < -0.3 is 25.8 Å². The number of anilines is 3. The number of nitrogens with one attached hydrogen (secondary N) is 2. The fourth-order valence-corrected chi connectivity index (χ4v) is 3.26. The fraction of sp³-hybridized carbons (Fsp3) is 0.200. The smallest absolute Gasteiger partial charge is 0.319 e. The Morgan fingerprint density at radius 1 is 1.17 bits per heavy atom. The van der Waals surface area contributed by atoms with E-state index < -0.39 is 6.03 Å². The van der Waals surface area contributed by atoms with Gasteiger partial charge in [-0.1, -0.05) is 24.3 Å². The Balaban J connectivity index is 1.36. The normalized spacial score (nSPS) is 12.5. The molecule has 0 atom stereocenters. The summed E-state index contributed by atoms with van der Waals surface area (Å²) in [5, 5.41) is 8.90. The highest BCUT2D eigenvalue weighted by Crippen LogP contribution is 2.29. The van der Waals surface area contributed by atoms with E-state index >= 15 is 0 Å². The first-order valence-corrected chi connectivity index (χ1v) is 9.23. The molecule has 9 heteroatoms. The summed E-state index contributed by atoms with van der Waals surface area (Å²) in [6.07, 6.45) is 1.21.